The molecule has 0 fully saturated rings. The fraction of sp³-hybridized carbons (Fsp3) is 0. The Hall–Kier alpha value is -1.95. The monoisotopic (exact) mass is 309 g/mol. The van der Waals surface area contributed by atoms with Crippen molar-refractivity contribution in [2.24, 2.45) is 5.73 Å². The average Bonchev–Trinajstić information content (AvgIpc) is 2.34. The topological polar surface area (TPSA) is 72.0 Å². The van der Waals surface area contributed by atoms with Crippen molar-refractivity contribution < 1.29 is 9.13 Å². The summed E-state index contributed by atoms with van der Waals surface area (Å²) >= 11 is 3.23. The zero-order valence-corrected chi connectivity index (χ0v) is 10.7. The van der Waals surface area contributed by atoms with Crippen molar-refractivity contribution in [3.8, 4) is 11.5 Å². The van der Waals surface area contributed by atoms with Gasteiger partial charge in [-0.1, -0.05) is 15.9 Å². The van der Waals surface area contributed by atoms with E-state index in [0.29, 0.717) is 10.2 Å². The quantitative estimate of drug-likeness (QED) is 0.676. The van der Waals surface area contributed by atoms with Crippen molar-refractivity contribution in [3.05, 3.63) is 52.5 Å². The molecule has 3 N–H and O–H groups in total. The summed E-state index contributed by atoms with van der Waals surface area (Å²) in [5.41, 5.74) is 5.59. The molecular weight excluding hydrogens is 301 g/mol. The second-order valence-corrected chi connectivity index (χ2v) is 4.38. The number of nitrogens with zero attached hydrogens (tertiary/aromatic N) is 1. The van der Waals surface area contributed by atoms with Gasteiger partial charge in [0, 0.05) is 16.7 Å². The first-order valence-corrected chi connectivity index (χ1v) is 5.79. The highest BCUT2D eigenvalue weighted by molar-refractivity contribution is 9.10. The fourth-order valence-corrected chi connectivity index (χ4v) is 1.64. The first-order chi connectivity index (χ1) is 8.56. The van der Waals surface area contributed by atoms with Gasteiger partial charge < -0.3 is 10.5 Å². The van der Waals surface area contributed by atoms with Crippen LogP contribution in [0.1, 0.15) is 5.69 Å². The summed E-state index contributed by atoms with van der Waals surface area (Å²) in [5.74, 6) is -0.188. The molecule has 2 aromatic rings. The molecule has 0 spiro atoms. The van der Waals surface area contributed by atoms with Gasteiger partial charge >= 0.3 is 0 Å². The first-order valence-electron chi connectivity index (χ1n) is 4.99. The molecule has 1 heterocycles. The Balaban J connectivity index is 2.31. The summed E-state index contributed by atoms with van der Waals surface area (Å²) in [6.45, 7) is 0. The zero-order valence-electron chi connectivity index (χ0n) is 9.15. The average molecular weight is 310 g/mol. The zero-order chi connectivity index (χ0) is 13.1. The maximum absolute atomic E-state index is 13.5. The van der Waals surface area contributed by atoms with E-state index in [2.05, 4.69) is 20.9 Å². The van der Waals surface area contributed by atoms with Crippen LogP contribution in [0.25, 0.3) is 0 Å². The Bertz CT molecular complexity index is 604. The Kier molecular flexibility index (Phi) is 3.57. The maximum Gasteiger partial charge on any atom is 0.165 e. The van der Waals surface area contributed by atoms with Crippen molar-refractivity contribution in [1.29, 1.82) is 5.41 Å². The molecule has 0 amide bonds. The molecule has 0 aliphatic carbocycles. The van der Waals surface area contributed by atoms with Gasteiger partial charge in [-0.05, 0) is 24.3 Å². The van der Waals surface area contributed by atoms with Gasteiger partial charge in [-0.15, -0.1) is 0 Å². The van der Waals surface area contributed by atoms with E-state index in [1.165, 1.54) is 24.4 Å². The minimum Gasteiger partial charge on any atom is -0.454 e. The predicted molar refractivity (Wildman–Crippen MR) is 69.4 cm³/mol. The molecule has 0 aliphatic rings. The predicted octanol–water partition coefficient (Wildman–Crippen LogP) is 3.06. The molecular formula is C12H9BrFN3O. The third-order valence-electron chi connectivity index (χ3n) is 2.13. The van der Waals surface area contributed by atoms with Crippen molar-refractivity contribution in [3.63, 3.8) is 0 Å². The highest BCUT2D eigenvalue weighted by Gasteiger charge is 2.07. The molecule has 18 heavy (non-hydrogen) atoms. The Morgan fingerprint density at radius 3 is 2.83 bits per heavy atom. The first kappa shape index (κ1) is 12.5. The Morgan fingerprint density at radius 1 is 1.33 bits per heavy atom. The summed E-state index contributed by atoms with van der Waals surface area (Å²) in [6, 6.07) is 7.43. The van der Waals surface area contributed by atoms with Crippen LogP contribution < -0.4 is 10.5 Å². The number of aromatic nitrogens is 1. The van der Waals surface area contributed by atoms with E-state index >= 15 is 0 Å². The number of pyridine rings is 1. The van der Waals surface area contributed by atoms with Gasteiger partial charge in [-0.2, -0.15) is 0 Å². The highest BCUT2D eigenvalue weighted by Crippen LogP contribution is 2.27. The molecule has 2 rings (SSSR count). The number of hydrogen-bond donors (Lipinski definition) is 2. The molecule has 0 aliphatic heterocycles. The van der Waals surface area contributed by atoms with Gasteiger partial charge in [0.15, 0.2) is 11.6 Å². The smallest absolute Gasteiger partial charge is 0.165 e. The van der Waals surface area contributed by atoms with Crippen molar-refractivity contribution in [1.82, 2.24) is 4.98 Å². The number of nitrogens with one attached hydrogen (secondary N) is 1. The van der Waals surface area contributed by atoms with E-state index in [1.54, 1.807) is 12.1 Å². The molecule has 1 aromatic heterocycles. The summed E-state index contributed by atoms with van der Waals surface area (Å²) in [7, 11) is 0. The third kappa shape index (κ3) is 2.84. The van der Waals surface area contributed by atoms with E-state index in [4.69, 9.17) is 15.9 Å². The van der Waals surface area contributed by atoms with Gasteiger partial charge in [0.25, 0.3) is 0 Å². The summed E-state index contributed by atoms with van der Waals surface area (Å²) in [6.07, 6.45) is 1.45. The SMILES string of the molecule is N=C(N)c1cc(Oc2cc(Br)ccc2F)ccn1. The van der Waals surface area contributed by atoms with E-state index < -0.39 is 5.82 Å². The van der Waals surface area contributed by atoms with Crippen LogP contribution in [0.3, 0.4) is 0 Å². The van der Waals surface area contributed by atoms with Gasteiger partial charge in [0.1, 0.15) is 17.3 Å². The number of hydrogen-bond acceptors (Lipinski definition) is 3. The lowest BCUT2D eigenvalue weighted by atomic mass is 10.3. The molecule has 0 saturated carbocycles. The number of nitrogen functional groups attached to an aromatic ring is 1. The number of amidine groups is 1. The van der Waals surface area contributed by atoms with E-state index in [9.17, 15) is 4.39 Å². The normalized spacial score (nSPS) is 10.1. The largest absolute Gasteiger partial charge is 0.454 e. The molecule has 0 unspecified atom stereocenters. The Morgan fingerprint density at radius 2 is 2.11 bits per heavy atom. The maximum atomic E-state index is 13.5. The summed E-state index contributed by atoms with van der Waals surface area (Å²) in [4.78, 5) is 3.89. The molecule has 0 radical (unpaired) electrons. The van der Waals surface area contributed by atoms with Crippen molar-refractivity contribution in [2.75, 3.05) is 0 Å². The van der Waals surface area contributed by atoms with Crippen LogP contribution in [0.5, 0.6) is 11.5 Å². The van der Waals surface area contributed by atoms with Crippen LogP contribution in [0.2, 0.25) is 0 Å². The number of benzene rings is 1. The second-order valence-electron chi connectivity index (χ2n) is 3.47. The minimum absolute atomic E-state index is 0.0880. The van der Waals surface area contributed by atoms with Gasteiger partial charge in [-0.3, -0.25) is 10.4 Å². The molecule has 92 valence electrons. The lowest BCUT2D eigenvalue weighted by Crippen LogP contribution is -2.12. The molecule has 6 heteroatoms. The van der Waals surface area contributed by atoms with Gasteiger partial charge in [0.2, 0.25) is 0 Å². The lowest BCUT2D eigenvalue weighted by Gasteiger charge is -2.08. The van der Waals surface area contributed by atoms with E-state index in [1.807, 2.05) is 0 Å². The molecule has 4 nitrogen and oxygen atoms in total. The summed E-state index contributed by atoms with van der Waals surface area (Å²) in [5, 5.41) is 7.27. The standard InChI is InChI=1S/C12H9BrFN3O/c13-7-1-2-9(14)11(5-7)18-8-3-4-17-10(6-8)12(15)16/h1-6H,(H3,15,16). The van der Waals surface area contributed by atoms with Crippen LogP contribution in [0.15, 0.2) is 41.0 Å². The van der Waals surface area contributed by atoms with Crippen LogP contribution in [0, 0.1) is 11.2 Å². The van der Waals surface area contributed by atoms with Crippen molar-refractivity contribution >= 4 is 21.8 Å². The number of rotatable bonds is 3. The number of nitrogens with two attached hydrogens (primary N) is 1. The molecule has 0 saturated heterocycles. The molecule has 1 aromatic carbocycles. The highest BCUT2D eigenvalue weighted by atomic mass is 79.9. The van der Waals surface area contributed by atoms with Crippen LogP contribution >= 0.6 is 15.9 Å². The number of ether oxygens (including phenoxy) is 1. The molecule has 0 bridgehead atoms. The lowest BCUT2D eigenvalue weighted by molar-refractivity contribution is 0.441. The fourth-order valence-electron chi connectivity index (χ4n) is 1.30. The van der Waals surface area contributed by atoms with Gasteiger partial charge in [0.05, 0.1) is 0 Å². The summed E-state index contributed by atoms with van der Waals surface area (Å²) < 4.78 is 19.6. The molecule has 0 atom stereocenters. The minimum atomic E-state index is -0.473. The van der Waals surface area contributed by atoms with Crippen LogP contribution in [0.4, 0.5) is 4.39 Å². The third-order valence-corrected chi connectivity index (χ3v) is 2.62. The van der Waals surface area contributed by atoms with E-state index in [-0.39, 0.29) is 17.3 Å². The van der Waals surface area contributed by atoms with Crippen LogP contribution in [-0.4, -0.2) is 10.8 Å². The Labute approximate surface area is 111 Å². The van der Waals surface area contributed by atoms with Crippen LogP contribution in [-0.2, 0) is 0 Å². The van der Waals surface area contributed by atoms with Gasteiger partial charge in [-0.25, -0.2) is 4.39 Å². The van der Waals surface area contributed by atoms with E-state index in [0.717, 1.165) is 0 Å². The number of halogens is 2. The second kappa shape index (κ2) is 5.14. The van der Waals surface area contributed by atoms with Crippen molar-refractivity contribution in [2.45, 2.75) is 0 Å².